The zero-order valence-electron chi connectivity index (χ0n) is 15.9. The molecule has 0 bridgehead atoms. The van der Waals surface area contributed by atoms with E-state index in [1.54, 1.807) is 20.8 Å². The lowest BCUT2D eigenvalue weighted by atomic mass is 9.91. The molecule has 0 spiro atoms. The molecule has 0 radical (unpaired) electrons. The van der Waals surface area contributed by atoms with Crippen LogP contribution in [0.2, 0.25) is 0 Å². The van der Waals surface area contributed by atoms with Crippen LogP contribution in [0.5, 0.6) is 5.75 Å². The Bertz CT molecular complexity index is 851. The van der Waals surface area contributed by atoms with Gasteiger partial charge in [-0.3, -0.25) is 14.9 Å². The molecule has 2 heterocycles. The quantitative estimate of drug-likeness (QED) is 0.464. The average Bonchev–Trinajstić information content (AvgIpc) is 3.05. The Morgan fingerprint density at radius 3 is 2.75 bits per heavy atom. The van der Waals surface area contributed by atoms with E-state index in [1.165, 1.54) is 4.90 Å². The number of nitrogens with zero attached hydrogens (tertiary/aromatic N) is 2. The van der Waals surface area contributed by atoms with Crippen molar-refractivity contribution in [3.8, 4) is 5.75 Å². The van der Waals surface area contributed by atoms with Crippen LogP contribution in [0.4, 0.5) is 20.6 Å². The highest BCUT2D eigenvalue weighted by molar-refractivity contribution is 6.02. The second-order valence-electron chi connectivity index (χ2n) is 8.01. The number of halogens is 1. The van der Waals surface area contributed by atoms with Crippen molar-refractivity contribution in [3.05, 3.63) is 27.6 Å². The summed E-state index contributed by atoms with van der Waals surface area (Å²) in [6, 6.07) is 0.873. The van der Waals surface area contributed by atoms with Crippen LogP contribution in [0.1, 0.15) is 44.0 Å². The standard InChI is InChI=1S/C18H22FN3O6/c1-18(2,3)28-17(24)21-5-4-9(8-21)13-7-12(23)10-6-11(19)14(20)15(22(25)26)16(10)27-13/h6,9,13H,4-5,7-8,20H2,1-3H3. The number of ketones is 1. The number of nitrogen functional groups attached to an aromatic ring is 1. The van der Waals surface area contributed by atoms with E-state index in [-0.39, 0.29) is 23.7 Å². The molecule has 2 aliphatic rings. The van der Waals surface area contributed by atoms with Crippen LogP contribution in [0.25, 0.3) is 0 Å². The largest absolute Gasteiger partial charge is 0.482 e. The smallest absolute Gasteiger partial charge is 0.410 e. The number of benzene rings is 1. The Labute approximate surface area is 160 Å². The first-order valence-electron chi connectivity index (χ1n) is 8.92. The summed E-state index contributed by atoms with van der Waals surface area (Å²) in [5.74, 6) is -2.00. The summed E-state index contributed by atoms with van der Waals surface area (Å²) in [6.07, 6.45) is -0.636. The van der Waals surface area contributed by atoms with Gasteiger partial charge in [-0.05, 0) is 33.3 Å². The summed E-state index contributed by atoms with van der Waals surface area (Å²) in [4.78, 5) is 36.7. The second-order valence-corrected chi connectivity index (χ2v) is 8.01. The van der Waals surface area contributed by atoms with Crippen LogP contribution in [-0.2, 0) is 4.74 Å². The molecule has 1 amide bonds. The number of Topliss-reactive ketones (excluding diaryl/α,β-unsaturated/α-hetero) is 1. The average molecular weight is 395 g/mol. The molecule has 9 nitrogen and oxygen atoms in total. The molecule has 2 atom stereocenters. The van der Waals surface area contributed by atoms with Crippen LogP contribution >= 0.6 is 0 Å². The Balaban J connectivity index is 1.81. The van der Waals surface area contributed by atoms with Crippen molar-refractivity contribution in [2.75, 3.05) is 18.8 Å². The number of carbonyl (C=O) groups is 2. The topological polar surface area (TPSA) is 125 Å². The number of fused-ring (bicyclic) bond motifs is 1. The number of hydrogen-bond donors (Lipinski definition) is 1. The van der Waals surface area contributed by atoms with Gasteiger partial charge in [-0.25, -0.2) is 9.18 Å². The summed E-state index contributed by atoms with van der Waals surface area (Å²) in [5, 5.41) is 11.4. The van der Waals surface area contributed by atoms with Gasteiger partial charge in [0.25, 0.3) is 0 Å². The maximum atomic E-state index is 13.9. The van der Waals surface area contributed by atoms with Crippen molar-refractivity contribution in [3.63, 3.8) is 0 Å². The van der Waals surface area contributed by atoms with Crippen LogP contribution in [-0.4, -0.2) is 46.5 Å². The third-order valence-corrected chi connectivity index (χ3v) is 4.78. The van der Waals surface area contributed by atoms with E-state index >= 15 is 0 Å². The van der Waals surface area contributed by atoms with Gasteiger partial charge in [0.1, 0.15) is 11.7 Å². The molecule has 2 unspecified atom stereocenters. The number of rotatable bonds is 2. The molecule has 2 N–H and O–H groups in total. The predicted octanol–water partition coefficient (Wildman–Crippen LogP) is 2.91. The number of hydrogen-bond acceptors (Lipinski definition) is 7. The minimum absolute atomic E-state index is 0.0552. The molecule has 1 fully saturated rings. The van der Waals surface area contributed by atoms with E-state index in [2.05, 4.69) is 0 Å². The van der Waals surface area contributed by atoms with Gasteiger partial charge in [0.2, 0.25) is 5.75 Å². The Morgan fingerprint density at radius 2 is 2.14 bits per heavy atom. The maximum Gasteiger partial charge on any atom is 0.410 e. The number of nitro groups is 1. The molecule has 1 aromatic rings. The zero-order valence-corrected chi connectivity index (χ0v) is 15.9. The van der Waals surface area contributed by atoms with Crippen molar-refractivity contribution in [1.29, 1.82) is 0 Å². The first-order valence-corrected chi connectivity index (χ1v) is 8.92. The molecule has 0 aliphatic carbocycles. The van der Waals surface area contributed by atoms with E-state index in [4.69, 9.17) is 15.2 Å². The van der Waals surface area contributed by atoms with Gasteiger partial charge in [-0.1, -0.05) is 0 Å². The van der Waals surface area contributed by atoms with E-state index in [0.717, 1.165) is 6.07 Å². The van der Waals surface area contributed by atoms with Crippen LogP contribution in [0, 0.1) is 21.8 Å². The summed E-state index contributed by atoms with van der Waals surface area (Å²) in [5.41, 5.74) is 3.27. The molecule has 152 valence electrons. The summed E-state index contributed by atoms with van der Waals surface area (Å²) in [7, 11) is 0. The number of nitro benzene ring substituents is 1. The molecular weight excluding hydrogens is 373 g/mol. The van der Waals surface area contributed by atoms with Crippen molar-refractivity contribution in [2.24, 2.45) is 5.92 Å². The monoisotopic (exact) mass is 395 g/mol. The zero-order chi connectivity index (χ0) is 20.8. The highest BCUT2D eigenvalue weighted by Gasteiger charge is 2.42. The molecule has 0 saturated carbocycles. The Hall–Kier alpha value is -2.91. The van der Waals surface area contributed by atoms with Crippen molar-refractivity contribution in [2.45, 2.75) is 45.3 Å². The fourth-order valence-electron chi connectivity index (χ4n) is 3.47. The lowest BCUT2D eigenvalue weighted by Gasteiger charge is -2.29. The molecule has 28 heavy (non-hydrogen) atoms. The van der Waals surface area contributed by atoms with E-state index in [1.807, 2.05) is 0 Å². The third kappa shape index (κ3) is 3.71. The minimum atomic E-state index is -1.03. The predicted molar refractivity (Wildman–Crippen MR) is 96.7 cm³/mol. The van der Waals surface area contributed by atoms with E-state index in [0.29, 0.717) is 19.5 Å². The number of amides is 1. The van der Waals surface area contributed by atoms with Gasteiger partial charge in [-0.2, -0.15) is 0 Å². The van der Waals surface area contributed by atoms with Crippen LogP contribution in [0.3, 0.4) is 0 Å². The normalized spacial score (nSPS) is 21.9. The lowest BCUT2D eigenvalue weighted by Crippen LogP contribution is -2.38. The van der Waals surface area contributed by atoms with Crippen molar-refractivity contribution >= 4 is 23.3 Å². The molecule has 1 aromatic carbocycles. The van der Waals surface area contributed by atoms with Gasteiger partial charge >= 0.3 is 11.8 Å². The number of ether oxygens (including phenoxy) is 2. The number of nitrogens with two attached hydrogens (primary N) is 1. The Kier molecular flexibility index (Phi) is 4.90. The van der Waals surface area contributed by atoms with Gasteiger partial charge in [-0.15, -0.1) is 0 Å². The van der Waals surface area contributed by atoms with Gasteiger partial charge in [0.05, 0.1) is 10.5 Å². The third-order valence-electron chi connectivity index (χ3n) is 4.78. The fourth-order valence-corrected chi connectivity index (χ4v) is 3.47. The summed E-state index contributed by atoms with van der Waals surface area (Å²) >= 11 is 0. The highest BCUT2D eigenvalue weighted by atomic mass is 19.1. The van der Waals surface area contributed by atoms with E-state index < -0.39 is 45.7 Å². The second kappa shape index (κ2) is 6.92. The number of likely N-dealkylation sites (tertiary alicyclic amines) is 1. The van der Waals surface area contributed by atoms with Gasteiger partial charge in [0.15, 0.2) is 17.3 Å². The lowest BCUT2D eigenvalue weighted by molar-refractivity contribution is -0.385. The van der Waals surface area contributed by atoms with Crippen LogP contribution < -0.4 is 10.5 Å². The molecule has 2 aliphatic heterocycles. The molecule has 3 rings (SSSR count). The Morgan fingerprint density at radius 1 is 1.46 bits per heavy atom. The molecule has 1 saturated heterocycles. The van der Waals surface area contributed by atoms with Crippen LogP contribution in [0.15, 0.2) is 6.07 Å². The number of anilines is 1. The molecule has 0 aromatic heterocycles. The highest BCUT2D eigenvalue weighted by Crippen LogP contribution is 2.43. The molecular formula is C18H22FN3O6. The number of carbonyl (C=O) groups excluding carboxylic acids is 2. The SMILES string of the molecule is CC(C)(C)OC(=O)N1CCC(C2CC(=O)c3cc(F)c(N)c([N+](=O)[O-])c3O2)C1. The summed E-state index contributed by atoms with van der Waals surface area (Å²) < 4.78 is 25.0. The fraction of sp³-hybridized carbons (Fsp3) is 0.556. The molecule has 10 heteroatoms. The first-order chi connectivity index (χ1) is 13.0. The first kappa shape index (κ1) is 19.8. The summed E-state index contributed by atoms with van der Waals surface area (Å²) in [6.45, 7) is 6.02. The van der Waals surface area contributed by atoms with E-state index in [9.17, 15) is 24.1 Å². The van der Waals surface area contributed by atoms with Gasteiger partial charge < -0.3 is 20.1 Å². The maximum absolute atomic E-state index is 13.9. The minimum Gasteiger partial charge on any atom is -0.482 e. The van der Waals surface area contributed by atoms with Gasteiger partial charge in [0, 0.05) is 25.4 Å². The van der Waals surface area contributed by atoms with Crippen molar-refractivity contribution < 1.29 is 28.4 Å². The van der Waals surface area contributed by atoms with Crippen molar-refractivity contribution in [1.82, 2.24) is 4.90 Å².